The summed E-state index contributed by atoms with van der Waals surface area (Å²) in [6.45, 7) is 4.99. The lowest BCUT2D eigenvalue weighted by molar-refractivity contribution is -0.136. The summed E-state index contributed by atoms with van der Waals surface area (Å²) >= 11 is 0. The molecule has 0 radical (unpaired) electrons. The van der Waals surface area contributed by atoms with Gasteiger partial charge in [0, 0.05) is 25.6 Å². The number of carbonyl (C=O) groups excluding carboxylic acids is 1. The summed E-state index contributed by atoms with van der Waals surface area (Å²) in [6.07, 6.45) is 2.08. The van der Waals surface area contributed by atoms with Crippen LogP contribution in [0, 0.1) is 5.92 Å². The number of nitrogens with one attached hydrogen (secondary N) is 1. The van der Waals surface area contributed by atoms with Crippen molar-refractivity contribution >= 4 is 5.91 Å². The molecule has 1 saturated carbocycles. The molecule has 2 aliphatic rings. The number of hydrogen-bond acceptors (Lipinski definition) is 2. The van der Waals surface area contributed by atoms with Gasteiger partial charge in [0.2, 0.25) is 5.91 Å². The summed E-state index contributed by atoms with van der Waals surface area (Å²) in [5, 5.41) is 3.26. The van der Waals surface area contributed by atoms with E-state index in [2.05, 4.69) is 41.4 Å². The molecule has 1 aromatic carbocycles. The molecule has 0 aromatic heterocycles. The first-order chi connectivity index (χ1) is 9.31. The van der Waals surface area contributed by atoms with Crippen LogP contribution in [-0.4, -0.2) is 36.5 Å². The summed E-state index contributed by atoms with van der Waals surface area (Å²) in [5.41, 5.74) is 1.32. The van der Waals surface area contributed by atoms with Gasteiger partial charge in [0.25, 0.3) is 0 Å². The van der Waals surface area contributed by atoms with Gasteiger partial charge in [-0.1, -0.05) is 37.3 Å². The molecule has 3 nitrogen and oxygen atoms in total. The third kappa shape index (κ3) is 2.52. The van der Waals surface area contributed by atoms with Crippen LogP contribution in [0.1, 0.15) is 31.2 Å². The van der Waals surface area contributed by atoms with Gasteiger partial charge in [0.15, 0.2) is 0 Å². The lowest BCUT2D eigenvalue weighted by Crippen LogP contribution is -2.59. The molecule has 1 N–H and O–H groups in total. The second-order valence-corrected chi connectivity index (χ2v) is 5.70. The lowest BCUT2D eigenvalue weighted by atomic mass is 10.1. The second kappa shape index (κ2) is 5.33. The van der Waals surface area contributed by atoms with Crippen molar-refractivity contribution in [3.63, 3.8) is 0 Å². The van der Waals surface area contributed by atoms with Crippen LogP contribution >= 0.6 is 0 Å². The Balaban J connectivity index is 1.64. The number of benzene rings is 1. The van der Waals surface area contributed by atoms with Crippen molar-refractivity contribution in [3.05, 3.63) is 35.9 Å². The van der Waals surface area contributed by atoms with Crippen molar-refractivity contribution in [1.82, 2.24) is 10.2 Å². The van der Waals surface area contributed by atoms with Gasteiger partial charge in [-0.05, 0) is 24.3 Å². The summed E-state index contributed by atoms with van der Waals surface area (Å²) in [5.74, 6) is 1.07. The molecule has 2 atom stereocenters. The fourth-order valence-electron chi connectivity index (χ4n) is 2.96. The monoisotopic (exact) mass is 258 g/mol. The van der Waals surface area contributed by atoms with Crippen LogP contribution in [-0.2, 0) is 4.79 Å². The average Bonchev–Trinajstić information content (AvgIpc) is 3.16. The zero-order valence-electron chi connectivity index (χ0n) is 11.5. The Morgan fingerprint density at radius 1 is 1.32 bits per heavy atom. The zero-order chi connectivity index (χ0) is 13.2. The van der Waals surface area contributed by atoms with E-state index >= 15 is 0 Å². The highest BCUT2D eigenvalue weighted by Crippen LogP contribution is 2.48. The molecule has 3 rings (SSSR count). The van der Waals surface area contributed by atoms with Gasteiger partial charge < -0.3 is 10.2 Å². The summed E-state index contributed by atoms with van der Waals surface area (Å²) < 4.78 is 0. The molecule has 1 aliphatic heterocycles. The van der Waals surface area contributed by atoms with Crippen LogP contribution < -0.4 is 5.32 Å². The molecule has 102 valence electrons. The fourth-order valence-corrected chi connectivity index (χ4v) is 2.96. The first kappa shape index (κ1) is 12.7. The number of rotatable bonds is 5. The summed E-state index contributed by atoms with van der Waals surface area (Å²) in [7, 11) is 0. The minimum Gasteiger partial charge on any atom is -0.337 e. The van der Waals surface area contributed by atoms with E-state index in [-0.39, 0.29) is 5.92 Å². The number of hydrogen-bond donors (Lipinski definition) is 1. The molecule has 1 amide bonds. The summed E-state index contributed by atoms with van der Waals surface area (Å²) in [6, 6.07) is 10.9. The molecule has 2 unspecified atom stereocenters. The van der Waals surface area contributed by atoms with Gasteiger partial charge in [-0.2, -0.15) is 0 Å². The lowest BCUT2D eigenvalue weighted by Gasteiger charge is -2.38. The van der Waals surface area contributed by atoms with Crippen LogP contribution in [0.25, 0.3) is 0 Å². The van der Waals surface area contributed by atoms with E-state index in [1.165, 1.54) is 5.56 Å². The van der Waals surface area contributed by atoms with E-state index in [0.29, 0.717) is 17.9 Å². The van der Waals surface area contributed by atoms with Gasteiger partial charge in [-0.3, -0.25) is 4.79 Å². The van der Waals surface area contributed by atoms with E-state index < -0.39 is 0 Å². The zero-order valence-corrected chi connectivity index (χ0v) is 11.5. The molecule has 0 bridgehead atoms. The topological polar surface area (TPSA) is 32.3 Å². The molecule has 0 spiro atoms. The minimum atomic E-state index is 0.231. The molecule has 1 saturated heterocycles. The van der Waals surface area contributed by atoms with Crippen molar-refractivity contribution in [2.75, 3.05) is 19.6 Å². The molecule has 2 fully saturated rings. The maximum Gasteiger partial charge on any atom is 0.226 e. The highest BCUT2D eigenvalue weighted by atomic mass is 16.2. The van der Waals surface area contributed by atoms with Gasteiger partial charge in [-0.15, -0.1) is 0 Å². The van der Waals surface area contributed by atoms with Crippen LogP contribution in [0.3, 0.4) is 0 Å². The van der Waals surface area contributed by atoms with E-state index in [9.17, 15) is 4.79 Å². The number of nitrogens with zero attached hydrogens (tertiary/aromatic N) is 1. The van der Waals surface area contributed by atoms with Gasteiger partial charge in [-0.25, -0.2) is 0 Å². The Bertz CT molecular complexity index is 441. The quantitative estimate of drug-likeness (QED) is 0.876. The highest BCUT2D eigenvalue weighted by molar-refractivity contribution is 5.83. The van der Waals surface area contributed by atoms with Crippen molar-refractivity contribution in [2.24, 2.45) is 5.92 Å². The predicted molar refractivity (Wildman–Crippen MR) is 76.0 cm³/mol. The first-order valence-corrected chi connectivity index (χ1v) is 7.37. The van der Waals surface area contributed by atoms with E-state index in [1.54, 1.807) is 0 Å². The molecular formula is C16H22N2O. The molecule has 19 heavy (non-hydrogen) atoms. The molecule has 1 aliphatic carbocycles. The van der Waals surface area contributed by atoms with Crippen molar-refractivity contribution < 1.29 is 4.79 Å². The van der Waals surface area contributed by atoms with Crippen molar-refractivity contribution in [2.45, 2.75) is 31.7 Å². The fraction of sp³-hybridized carbons (Fsp3) is 0.562. The van der Waals surface area contributed by atoms with Crippen molar-refractivity contribution in [1.29, 1.82) is 0 Å². The SMILES string of the molecule is CCCN(C(=O)C1CC1c1ccccc1)C1CNC1. The third-order valence-corrected chi connectivity index (χ3v) is 4.28. The second-order valence-electron chi connectivity index (χ2n) is 5.70. The maximum atomic E-state index is 12.6. The van der Waals surface area contributed by atoms with Gasteiger partial charge >= 0.3 is 0 Å². The van der Waals surface area contributed by atoms with Crippen LogP contribution in [0.5, 0.6) is 0 Å². The maximum absolute atomic E-state index is 12.6. The van der Waals surface area contributed by atoms with E-state index in [1.807, 2.05) is 6.07 Å². The van der Waals surface area contributed by atoms with Crippen LogP contribution in [0.2, 0.25) is 0 Å². The Morgan fingerprint density at radius 3 is 2.63 bits per heavy atom. The number of amides is 1. The molecular weight excluding hydrogens is 236 g/mol. The molecule has 1 aromatic rings. The van der Waals surface area contributed by atoms with Gasteiger partial charge in [0.05, 0.1) is 6.04 Å². The Kier molecular flexibility index (Phi) is 3.56. The van der Waals surface area contributed by atoms with Crippen LogP contribution in [0.15, 0.2) is 30.3 Å². The van der Waals surface area contributed by atoms with Crippen molar-refractivity contribution in [3.8, 4) is 0 Å². The largest absolute Gasteiger partial charge is 0.337 e. The Morgan fingerprint density at radius 2 is 2.05 bits per heavy atom. The standard InChI is InChI=1S/C16H22N2O/c1-2-8-18(13-10-17-11-13)16(19)15-9-14(15)12-6-4-3-5-7-12/h3-7,13-15,17H,2,8-11H2,1H3. The first-order valence-electron chi connectivity index (χ1n) is 7.37. The molecule has 1 heterocycles. The third-order valence-electron chi connectivity index (χ3n) is 4.28. The molecule has 3 heteroatoms. The smallest absolute Gasteiger partial charge is 0.226 e. The Labute approximate surface area is 115 Å². The van der Waals surface area contributed by atoms with Gasteiger partial charge in [0.1, 0.15) is 0 Å². The highest BCUT2D eigenvalue weighted by Gasteiger charge is 2.47. The summed E-state index contributed by atoms with van der Waals surface area (Å²) in [4.78, 5) is 14.7. The van der Waals surface area contributed by atoms with E-state index in [0.717, 1.165) is 32.5 Å². The van der Waals surface area contributed by atoms with Crippen LogP contribution in [0.4, 0.5) is 0 Å². The minimum absolute atomic E-state index is 0.231. The normalized spacial score (nSPS) is 25.7. The predicted octanol–water partition coefficient (Wildman–Crippen LogP) is 2.00. The number of carbonyl (C=O) groups is 1. The Hall–Kier alpha value is -1.35. The van der Waals surface area contributed by atoms with E-state index in [4.69, 9.17) is 0 Å². The average molecular weight is 258 g/mol.